The molecule has 3 atom stereocenters. The molecule has 7 N–H and O–H groups in total. The van der Waals surface area contributed by atoms with E-state index >= 15 is 0 Å². The van der Waals surface area contributed by atoms with Gasteiger partial charge in [0.05, 0.1) is 6.10 Å². The summed E-state index contributed by atoms with van der Waals surface area (Å²) in [7, 11) is 0. The second kappa shape index (κ2) is 2.12. The van der Waals surface area contributed by atoms with Gasteiger partial charge in [-0.05, 0) is 0 Å². The number of rotatable bonds is 0. The predicted molar refractivity (Wildman–Crippen MR) is 39.5 cm³/mol. The van der Waals surface area contributed by atoms with Crippen molar-refractivity contribution in [2.24, 2.45) is 0 Å². The van der Waals surface area contributed by atoms with Crippen LogP contribution in [-0.2, 0) is 0 Å². The lowest BCUT2D eigenvalue weighted by molar-refractivity contribution is -0.431. The summed E-state index contributed by atoms with van der Waals surface area (Å²) in [6, 6.07) is 0. The maximum absolute atomic E-state index is 9.61. The Morgan fingerprint density at radius 1 is 0.857 bits per heavy atom. The number of fused-ring (bicyclic) bond motifs is 2. The first-order chi connectivity index (χ1) is 6.08. The van der Waals surface area contributed by atoms with Gasteiger partial charge >= 0.3 is 0 Å². The van der Waals surface area contributed by atoms with Gasteiger partial charge in [0.1, 0.15) is 5.60 Å². The molecule has 14 heavy (non-hydrogen) atoms. The number of hydrogen-bond acceptors (Lipinski definition) is 7. The molecule has 2 fully saturated rings. The smallest absolute Gasteiger partial charge is 0.254 e. The van der Waals surface area contributed by atoms with Gasteiger partial charge in [-0.2, -0.15) is 0 Å². The lowest BCUT2D eigenvalue weighted by Gasteiger charge is -2.46. The van der Waals surface area contributed by atoms with Crippen LogP contribution >= 0.6 is 0 Å². The van der Waals surface area contributed by atoms with Gasteiger partial charge < -0.3 is 35.7 Å². The zero-order valence-corrected chi connectivity index (χ0v) is 7.12. The Labute approximate surface area is 78.5 Å². The summed E-state index contributed by atoms with van der Waals surface area (Å²) in [5, 5.41) is 65.6. The average Bonchev–Trinajstić information content (AvgIpc) is 2.28. The lowest BCUT2D eigenvalue weighted by Crippen LogP contribution is -2.73. The van der Waals surface area contributed by atoms with Crippen LogP contribution in [0.5, 0.6) is 0 Å². The van der Waals surface area contributed by atoms with E-state index in [9.17, 15) is 35.7 Å². The monoisotopic (exact) mass is 208 g/mol. The van der Waals surface area contributed by atoms with Gasteiger partial charge in [0.25, 0.3) is 11.6 Å². The molecule has 2 bridgehead atoms. The Kier molecular flexibility index (Phi) is 1.55. The number of aliphatic hydroxyl groups is 7. The topological polar surface area (TPSA) is 142 Å². The van der Waals surface area contributed by atoms with E-state index in [1.807, 2.05) is 0 Å². The highest BCUT2D eigenvalue weighted by Crippen LogP contribution is 2.59. The molecule has 82 valence electrons. The van der Waals surface area contributed by atoms with Crippen molar-refractivity contribution in [3.8, 4) is 0 Å². The highest BCUT2D eigenvalue weighted by molar-refractivity contribution is 5.27. The third-order valence-electron chi connectivity index (χ3n) is 3.38. The predicted octanol–water partition coefficient (Wildman–Crippen LogP) is -4.02. The van der Waals surface area contributed by atoms with Gasteiger partial charge in [0, 0.05) is 12.8 Å². The Bertz CT molecular complexity index is 285. The molecule has 0 aliphatic heterocycles. The third kappa shape index (κ3) is 0.705. The summed E-state index contributed by atoms with van der Waals surface area (Å²) < 4.78 is 0. The normalized spacial score (nSPS) is 53.8. The first-order valence-electron chi connectivity index (χ1n) is 4.11. The zero-order valence-electron chi connectivity index (χ0n) is 7.12. The molecule has 0 radical (unpaired) electrons. The summed E-state index contributed by atoms with van der Waals surface area (Å²) in [4.78, 5) is 0. The molecular weight excluding hydrogens is 196 g/mol. The highest BCUT2D eigenvalue weighted by atomic mass is 16.6. The van der Waals surface area contributed by atoms with Gasteiger partial charge in [-0.3, -0.25) is 0 Å². The molecule has 0 aromatic carbocycles. The first-order valence-corrected chi connectivity index (χ1v) is 4.11. The highest BCUT2D eigenvalue weighted by Gasteiger charge is 2.84. The summed E-state index contributed by atoms with van der Waals surface area (Å²) in [6.45, 7) is 0. The quantitative estimate of drug-likeness (QED) is 0.201. The number of aliphatic hydroxyl groups excluding tert-OH is 1. The van der Waals surface area contributed by atoms with Gasteiger partial charge in [0.15, 0.2) is 5.60 Å². The van der Waals surface area contributed by atoms with Gasteiger partial charge in [-0.25, -0.2) is 0 Å². The standard InChI is InChI=1S/C7H12O7/c8-3-1-4(9)2-5(3,10)7(13,14)6(4,11)12/h3,8-14H,1-2H2. The van der Waals surface area contributed by atoms with Crippen LogP contribution in [0.1, 0.15) is 12.8 Å². The van der Waals surface area contributed by atoms with Crippen LogP contribution in [0.15, 0.2) is 0 Å². The van der Waals surface area contributed by atoms with Crippen molar-refractivity contribution in [2.75, 3.05) is 0 Å². The van der Waals surface area contributed by atoms with Crippen LogP contribution in [0.2, 0.25) is 0 Å². The van der Waals surface area contributed by atoms with Gasteiger partial charge in [0.2, 0.25) is 0 Å². The summed E-state index contributed by atoms with van der Waals surface area (Å²) in [6.07, 6.45) is -2.85. The molecule has 0 saturated heterocycles. The van der Waals surface area contributed by atoms with Crippen LogP contribution in [-0.4, -0.2) is 64.6 Å². The molecular formula is C7H12O7. The van der Waals surface area contributed by atoms with Crippen molar-refractivity contribution in [1.29, 1.82) is 0 Å². The van der Waals surface area contributed by atoms with Crippen molar-refractivity contribution in [2.45, 2.75) is 41.7 Å². The lowest BCUT2D eigenvalue weighted by atomic mass is 9.81. The molecule has 0 aromatic heterocycles. The van der Waals surface area contributed by atoms with Crippen molar-refractivity contribution in [1.82, 2.24) is 0 Å². The molecule has 0 spiro atoms. The molecule has 0 aromatic rings. The van der Waals surface area contributed by atoms with Gasteiger partial charge in [-0.1, -0.05) is 0 Å². The van der Waals surface area contributed by atoms with E-state index in [1.165, 1.54) is 0 Å². The first kappa shape index (κ1) is 10.2. The van der Waals surface area contributed by atoms with E-state index in [0.29, 0.717) is 0 Å². The van der Waals surface area contributed by atoms with Crippen molar-refractivity contribution < 1.29 is 35.7 Å². The van der Waals surface area contributed by atoms with Crippen molar-refractivity contribution in [3.05, 3.63) is 0 Å². The Morgan fingerprint density at radius 2 is 1.36 bits per heavy atom. The largest absolute Gasteiger partial charge is 0.390 e. The molecule has 2 aliphatic rings. The van der Waals surface area contributed by atoms with Crippen molar-refractivity contribution >= 4 is 0 Å². The fourth-order valence-corrected chi connectivity index (χ4v) is 2.37. The molecule has 2 aliphatic carbocycles. The van der Waals surface area contributed by atoms with Crippen LogP contribution in [0.25, 0.3) is 0 Å². The number of hydrogen-bond donors (Lipinski definition) is 7. The van der Waals surface area contributed by atoms with E-state index in [2.05, 4.69) is 0 Å². The minimum Gasteiger partial charge on any atom is -0.390 e. The Morgan fingerprint density at radius 3 is 1.64 bits per heavy atom. The second-order valence-corrected chi connectivity index (χ2v) is 4.20. The third-order valence-corrected chi connectivity index (χ3v) is 3.38. The fourth-order valence-electron chi connectivity index (χ4n) is 2.37. The van der Waals surface area contributed by atoms with Gasteiger partial charge in [-0.15, -0.1) is 0 Å². The molecule has 7 nitrogen and oxygen atoms in total. The molecule has 0 amide bonds. The maximum Gasteiger partial charge on any atom is 0.254 e. The van der Waals surface area contributed by atoms with Crippen LogP contribution in [0, 0.1) is 0 Å². The van der Waals surface area contributed by atoms with E-state index in [1.54, 1.807) is 0 Å². The summed E-state index contributed by atoms with van der Waals surface area (Å²) in [5.74, 6) is -6.61. The van der Waals surface area contributed by atoms with E-state index in [4.69, 9.17) is 0 Å². The maximum atomic E-state index is 9.61. The fraction of sp³-hybridized carbons (Fsp3) is 1.00. The minimum atomic E-state index is -3.35. The Balaban J connectivity index is 2.58. The van der Waals surface area contributed by atoms with Crippen LogP contribution in [0.4, 0.5) is 0 Å². The zero-order chi connectivity index (χ0) is 11.0. The Hall–Kier alpha value is -0.280. The van der Waals surface area contributed by atoms with E-state index in [-0.39, 0.29) is 0 Å². The molecule has 0 heterocycles. The minimum absolute atomic E-state index is 0.528. The SMILES string of the molecule is OC1CC2(O)CC1(O)C(O)(O)C2(O)O. The summed E-state index contributed by atoms with van der Waals surface area (Å²) in [5.41, 5.74) is -4.84. The second-order valence-electron chi connectivity index (χ2n) is 4.20. The van der Waals surface area contributed by atoms with Crippen LogP contribution in [0.3, 0.4) is 0 Å². The average molecular weight is 208 g/mol. The molecule has 3 unspecified atom stereocenters. The molecule has 7 heteroatoms. The van der Waals surface area contributed by atoms with E-state index in [0.717, 1.165) is 0 Å². The van der Waals surface area contributed by atoms with Crippen molar-refractivity contribution in [3.63, 3.8) is 0 Å². The molecule has 2 saturated carbocycles. The van der Waals surface area contributed by atoms with E-state index < -0.39 is 41.7 Å². The summed E-state index contributed by atoms with van der Waals surface area (Å²) >= 11 is 0. The van der Waals surface area contributed by atoms with Crippen LogP contribution < -0.4 is 0 Å². The molecule has 2 rings (SSSR count).